The Bertz CT molecular complexity index is 595. The summed E-state index contributed by atoms with van der Waals surface area (Å²) in [6.07, 6.45) is 0. The van der Waals surface area contributed by atoms with Crippen LogP contribution in [0, 0.1) is 11.3 Å². The molecule has 1 N–H and O–H groups in total. The van der Waals surface area contributed by atoms with Gasteiger partial charge in [0.15, 0.2) is 0 Å². The van der Waals surface area contributed by atoms with Crippen LogP contribution in [0.3, 0.4) is 0 Å². The maximum absolute atomic E-state index is 11.5. The molecule has 0 saturated heterocycles. The fourth-order valence-electron chi connectivity index (χ4n) is 1.33. The Kier molecular flexibility index (Phi) is 1.99. The zero-order valence-electron chi connectivity index (χ0n) is 7.04. The lowest BCUT2D eigenvalue weighted by Crippen LogP contribution is -1.93. The molecule has 0 aliphatic heterocycles. The second kappa shape index (κ2) is 3.17. The van der Waals surface area contributed by atoms with Crippen molar-refractivity contribution < 1.29 is 0 Å². The van der Waals surface area contributed by atoms with Gasteiger partial charge in [0, 0.05) is 5.39 Å². The first kappa shape index (κ1) is 8.79. The van der Waals surface area contributed by atoms with Crippen LogP contribution in [0.4, 0.5) is 0 Å². The van der Waals surface area contributed by atoms with Gasteiger partial charge in [0.25, 0.3) is 0 Å². The number of halogens is 1. The Balaban J connectivity index is 3.08. The first-order valence-corrected chi connectivity index (χ1v) is 4.32. The van der Waals surface area contributed by atoms with Crippen molar-refractivity contribution in [2.24, 2.45) is 0 Å². The lowest BCUT2D eigenvalue weighted by Gasteiger charge is -1.80. The zero-order valence-corrected chi connectivity index (χ0v) is 7.80. The van der Waals surface area contributed by atoms with Gasteiger partial charge < -0.3 is 4.98 Å². The average molecular weight is 205 g/mol. The van der Waals surface area contributed by atoms with E-state index in [1.807, 2.05) is 6.07 Å². The molecule has 1 aromatic heterocycles. The molecule has 2 rings (SSSR count). The lowest BCUT2D eigenvalue weighted by molar-refractivity contribution is 1.43. The first-order chi connectivity index (χ1) is 6.74. The number of rotatable bonds is 0. The van der Waals surface area contributed by atoms with Crippen LogP contribution in [0.25, 0.3) is 10.9 Å². The number of nitrogens with one attached hydrogen (secondary N) is 1. The molecule has 0 aliphatic carbocycles. The Morgan fingerprint density at radius 2 is 2.07 bits per heavy atom. The SMILES string of the molecule is N#Cc1c(Cl)[nH]c2c(=O)ccccc12. The van der Waals surface area contributed by atoms with E-state index in [1.54, 1.807) is 18.2 Å². The fourth-order valence-corrected chi connectivity index (χ4v) is 1.57. The van der Waals surface area contributed by atoms with E-state index in [1.165, 1.54) is 6.07 Å². The van der Waals surface area contributed by atoms with Crippen molar-refractivity contribution in [1.82, 2.24) is 4.98 Å². The van der Waals surface area contributed by atoms with Gasteiger partial charge >= 0.3 is 0 Å². The van der Waals surface area contributed by atoms with Crippen molar-refractivity contribution in [3.05, 3.63) is 45.2 Å². The van der Waals surface area contributed by atoms with Gasteiger partial charge in [-0.1, -0.05) is 29.8 Å². The van der Waals surface area contributed by atoms with E-state index in [0.717, 1.165) is 0 Å². The van der Waals surface area contributed by atoms with E-state index < -0.39 is 0 Å². The molecule has 0 amide bonds. The Morgan fingerprint density at radius 1 is 1.36 bits per heavy atom. The Hall–Kier alpha value is -1.79. The van der Waals surface area contributed by atoms with E-state index in [4.69, 9.17) is 16.9 Å². The molecule has 0 spiro atoms. The molecule has 0 aliphatic rings. The molecule has 3 nitrogen and oxygen atoms in total. The summed E-state index contributed by atoms with van der Waals surface area (Å²) >= 11 is 5.77. The van der Waals surface area contributed by atoms with E-state index in [0.29, 0.717) is 16.5 Å². The van der Waals surface area contributed by atoms with Crippen molar-refractivity contribution >= 4 is 22.5 Å². The van der Waals surface area contributed by atoms with Crippen LogP contribution < -0.4 is 5.43 Å². The Labute approximate surface area is 84.6 Å². The van der Waals surface area contributed by atoms with Crippen LogP contribution in [0.5, 0.6) is 0 Å². The largest absolute Gasteiger partial charge is 0.341 e. The van der Waals surface area contributed by atoms with Crippen molar-refractivity contribution in [1.29, 1.82) is 5.26 Å². The summed E-state index contributed by atoms with van der Waals surface area (Å²) in [7, 11) is 0. The summed E-state index contributed by atoms with van der Waals surface area (Å²) in [5.74, 6) is 0. The molecule has 4 heteroatoms. The molecule has 1 aromatic carbocycles. The number of fused-ring (bicyclic) bond motifs is 1. The highest BCUT2D eigenvalue weighted by Crippen LogP contribution is 2.22. The molecular formula is C10H5ClN2O. The predicted octanol–water partition coefficient (Wildman–Crippen LogP) is 2.05. The molecule has 0 atom stereocenters. The molecule has 14 heavy (non-hydrogen) atoms. The Morgan fingerprint density at radius 3 is 2.79 bits per heavy atom. The van der Waals surface area contributed by atoms with Gasteiger partial charge in [-0.05, 0) is 6.07 Å². The van der Waals surface area contributed by atoms with Crippen molar-refractivity contribution in [2.75, 3.05) is 0 Å². The van der Waals surface area contributed by atoms with Gasteiger partial charge in [-0.2, -0.15) is 5.26 Å². The molecule has 1 heterocycles. The van der Waals surface area contributed by atoms with Crippen molar-refractivity contribution in [2.45, 2.75) is 0 Å². The predicted molar refractivity (Wildman–Crippen MR) is 54.3 cm³/mol. The smallest absolute Gasteiger partial charge is 0.202 e. The number of H-pyrrole nitrogens is 1. The van der Waals surface area contributed by atoms with Gasteiger partial charge in [-0.15, -0.1) is 0 Å². The summed E-state index contributed by atoms with van der Waals surface area (Å²) in [5.41, 5.74) is 0.514. The fraction of sp³-hybridized carbons (Fsp3) is 0. The van der Waals surface area contributed by atoms with Crippen LogP contribution in [0.2, 0.25) is 5.15 Å². The maximum atomic E-state index is 11.5. The zero-order chi connectivity index (χ0) is 10.1. The monoisotopic (exact) mass is 204 g/mol. The molecule has 0 radical (unpaired) electrons. The van der Waals surface area contributed by atoms with Crippen LogP contribution >= 0.6 is 11.6 Å². The van der Waals surface area contributed by atoms with E-state index in [-0.39, 0.29) is 10.6 Å². The summed E-state index contributed by atoms with van der Waals surface area (Å²) < 4.78 is 0. The second-order valence-electron chi connectivity index (χ2n) is 2.80. The summed E-state index contributed by atoms with van der Waals surface area (Å²) in [6.45, 7) is 0. The molecule has 2 aromatic rings. The highest BCUT2D eigenvalue weighted by Gasteiger charge is 2.09. The minimum Gasteiger partial charge on any atom is -0.341 e. The highest BCUT2D eigenvalue weighted by molar-refractivity contribution is 6.32. The molecule has 68 valence electrons. The average Bonchev–Trinajstić information content (AvgIpc) is 2.39. The van der Waals surface area contributed by atoms with Crippen LogP contribution in [-0.4, -0.2) is 4.98 Å². The minimum atomic E-state index is -0.173. The summed E-state index contributed by atoms with van der Waals surface area (Å²) in [4.78, 5) is 14.2. The third-order valence-corrected chi connectivity index (χ3v) is 2.26. The third-order valence-electron chi connectivity index (χ3n) is 1.97. The van der Waals surface area contributed by atoms with Gasteiger partial charge in [-0.3, -0.25) is 4.79 Å². The number of aromatic nitrogens is 1. The van der Waals surface area contributed by atoms with Gasteiger partial charge in [0.2, 0.25) is 5.43 Å². The van der Waals surface area contributed by atoms with Crippen molar-refractivity contribution in [3.63, 3.8) is 0 Å². The van der Waals surface area contributed by atoms with E-state index in [9.17, 15) is 4.79 Å². The van der Waals surface area contributed by atoms with Crippen molar-refractivity contribution in [3.8, 4) is 6.07 Å². The quantitative estimate of drug-likeness (QED) is 0.714. The highest BCUT2D eigenvalue weighted by atomic mass is 35.5. The van der Waals surface area contributed by atoms with E-state index in [2.05, 4.69) is 4.98 Å². The van der Waals surface area contributed by atoms with Gasteiger partial charge in [0.1, 0.15) is 11.2 Å². The minimum absolute atomic E-state index is 0.173. The lowest BCUT2D eigenvalue weighted by atomic mass is 10.2. The van der Waals surface area contributed by atoms with Crippen LogP contribution in [0.15, 0.2) is 29.1 Å². The van der Waals surface area contributed by atoms with Crippen LogP contribution in [0.1, 0.15) is 5.56 Å². The number of nitrogens with zero attached hydrogens (tertiary/aromatic N) is 1. The van der Waals surface area contributed by atoms with Crippen LogP contribution in [-0.2, 0) is 0 Å². The maximum Gasteiger partial charge on any atom is 0.202 e. The number of hydrogen-bond donors (Lipinski definition) is 1. The third kappa shape index (κ3) is 1.17. The molecule has 0 saturated carbocycles. The van der Waals surface area contributed by atoms with Gasteiger partial charge in [0.05, 0.1) is 11.1 Å². The second-order valence-corrected chi connectivity index (χ2v) is 3.17. The summed E-state index contributed by atoms with van der Waals surface area (Å²) in [5, 5.41) is 9.60. The summed E-state index contributed by atoms with van der Waals surface area (Å²) in [6, 6.07) is 8.41. The topological polar surface area (TPSA) is 56.6 Å². The number of nitriles is 1. The standard InChI is InChI=1S/C10H5ClN2O/c11-10-7(5-12)6-3-1-2-4-8(14)9(6)13-10/h1-4,13H. The van der Waals surface area contributed by atoms with E-state index >= 15 is 0 Å². The number of aromatic amines is 1. The molecule has 0 unspecified atom stereocenters. The first-order valence-electron chi connectivity index (χ1n) is 3.94. The molecule has 0 bridgehead atoms. The molecule has 0 fully saturated rings. The number of hydrogen-bond acceptors (Lipinski definition) is 2. The molecular weight excluding hydrogens is 200 g/mol. The van der Waals surface area contributed by atoms with Gasteiger partial charge in [-0.25, -0.2) is 0 Å². The normalized spacial score (nSPS) is 10.0.